The van der Waals surface area contributed by atoms with E-state index in [1.54, 1.807) is 37.7 Å². The zero-order valence-corrected chi connectivity index (χ0v) is 14.5. The van der Waals surface area contributed by atoms with E-state index in [9.17, 15) is 4.79 Å². The Bertz CT molecular complexity index is 706. The number of nitrogens with zero attached hydrogens (tertiary/aromatic N) is 2. The molecule has 1 aliphatic heterocycles. The van der Waals surface area contributed by atoms with Gasteiger partial charge in [-0.1, -0.05) is 11.6 Å². The number of methoxy groups -OCH3 is 1. The summed E-state index contributed by atoms with van der Waals surface area (Å²) in [6, 6.07) is 9.25. The third-order valence-corrected chi connectivity index (χ3v) is 4.69. The average Bonchev–Trinajstić information content (AvgIpc) is 2.62. The Morgan fingerprint density at radius 1 is 1.33 bits per heavy atom. The van der Waals surface area contributed by atoms with Crippen molar-refractivity contribution in [3.8, 4) is 5.75 Å². The van der Waals surface area contributed by atoms with Gasteiger partial charge in [-0.15, -0.1) is 0 Å². The van der Waals surface area contributed by atoms with Crippen LogP contribution in [0.15, 0.2) is 42.7 Å². The predicted octanol–water partition coefficient (Wildman–Crippen LogP) is 3.84. The van der Waals surface area contributed by atoms with Crippen molar-refractivity contribution in [2.45, 2.75) is 19.4 Å². The van der Waals surface area contributed by atoms with Crippen LogP contribution in [-0.4, -0.2) is 35.9 Å². The molecule has 1 aromatic heterocycles. The summed E-state index contributed by atoms with van der Waals surface area (Å²) < 4.78 is 5.33. The number of likely N-dealkylation sites (tertiary alicyclic amines) is 1. The van der Waals surface area contributed by atoms with Gasteiger partial charge in [-0.25, -0.2) is 0 Å². The SMILES string of the molecule is COc1ccc(Cl)cc1C(=O)C1CCCN(Cc2ccncc2)C1. The quantitative estimate of drug-likeness (QED) is 0.773. The fourth-order valence-electron chi connectivity index (χ4n) is 3.25. The molecule has 1 aliphatic rings. The van der Waals surface area contributed by atoms with E-state index < -0.39 is 0 Å². The first-order valence-corrected chi connectivity index (χ1v) is 8.54. The van der Waals surface area contributed by atoms with E-state index in [0.29, 0.717) is 16.3 Å². The molecule has 126 valence electrons. The minimum Gasteiger partial charge on any atom is -0.496 e. The maximum atomic E-state index is 13.0. The molecular weight excluding hydrogens is 324 g/mol. The third kappa shape index (κ3) is 3.94. The zero-order chi connectivity index (χ0) is 16.9. The van der Waals surface area contributed by atoms with Gasteiger partial charge in [-0.3, -0.25) is 14.7 Å². The van der Waals surface area contributed by atoms with E-state index >= 15 is 0 Å². The van der Waals surface area contributed by atoms with Gasteiger partial charge in [0.2, 0.25) is 0 Å². The summed E-state index contributed by atoms with van der Waals surface area (Å²) in [5.41, 5.74) is 1.80. The summed E-state index contributed by atoms with van der Waals surface area (Å²) in [7, 11) is 1.58. The standard InChI is InChI=1S/C19H21ClN2O2/c1-24-18-5-4-16(20)11-17(18)19(23)15-3-2-10-22(13-15)12-14-6-8-21-9-7-14/h4-9,11,15H,2-3,10,12-13H2,1H3. The second-order valence-electron chi connectivity index (χ2n) is 6.14. The predicted molar refractivity (Wildman–Crippen MR) is 94.6 cm³/mol. The van der Waals surface area contributed by atoms with Crippen molar-refractivity contribution in [2.75, 3.05) is 20.2 Å². The largest absolute Gasteiger partial charge is 0.496 e. The van der Waals surface area contributed by atoms with Crippen molar-refractivity contribution in [1.82, 2.24) is 9.88 Å². The fraction of sp³-hybridized carbons (Fsp3) is 0.368. The molecule has 0 saturated carbocycles. The van der Waals surface area contributed by atoms with Crippen LogP contribution < -0.4 is 4.74 Å². The van der Waals surface area contributed by atoms with Gasteiger partial charge in [0.25, 0.3) is 0 Å². The first-order chi connectivity index (χ1) is 11.7. The Hall–Kier alpha value is -1.91. The number of aromatic nitrogens is 1. The number of piperidine rings is 1. The molecule has 1 fully saturated rings. The van der Waals surface area contributed by atoms with Crippen molar-refractivity contribution in [2.24, 2.45) is 5.92 Å². The molecule has 0 spiro atoms. The number of pyridine rings is 1. The van der Waals surface area contributed by atoms with Gasteiger partial charge in [-0.05, 0) is 55.3 Å². The lowest BCUT2D eigenvalue weighted by Gasteiger charge is -2.32. The van der Waals surface area contributed by atoms with E-state index in [1.165, 1.54) is 5.56 Å². The highest BCUT2D eigenvalue weighted by atomic mass is 35.5. The van der Waals surface area contributed by atoms with E-state index in [4.69, 9.17) is 16.3 Å². The molecule has 24 heavy (non-hydrogen) atoms. The van der Waals surface area contributed by atoms with Crippen molar-refractivity contribution in [3.05, 3.63) is 58.9 Å². The number of rotatable bonds is 5. The summed E-state index contributed by atoms with van der Waals surface area (Å²) in [5.74, 6) is 0.692. The lowest BCUT2D eigenvalue weighted by atomic mass is 9.89. The van der Waals surface area contributed by atoms with Crippen LogP contribution in [0.5, 0.6) is 5.75 Å². The molecule has 0 aliphatic carbocycles. The summed E-state index contributed by atoms with van der Waals surface area (Å²) in [4.78, 5) is 19.3. The number of hydrogen-bond donors (Lipinski definition) is 0. The molecule has 0 radical (unpaired) electrons. The minimum atomic E-state index is -0.0204. The molecule has 0 N–H and O–H groups in total. The number of halogens is 1. The van der Waals surface area contributed by atoms with Crippen LogP contribution in [0.4, 0.5) is 0 Å². The molecule has 2 aromatic rings. The molecule has 1 aromatic carbocycles. The third-order valence-electron chi connectivity index (χ3n) is 4.46. The normalized spacial score (nSPS) is 18.3. The number of ether oxygens (including phenoxy) is 1. The van der Waals surface area contributed by atoms with Crippen molar-refractivity contribution >= 4 is 17.4 Å². The first-order valence-electron chi connectivity index (χ1n) is 8.16. The number of ketones is 1. The van der Waals surface area contributed by atoms with Crippen LogP contribution in [0.2, 0.25) is 5.02 Å². The number of carbonyl (C=O) groups is 1. The van der Waals surface area contributed by atoms with Crippen LogP contribution in [0.25, 0.3) is 0 Å². The van der Waals surface area contributed by atoms with Crippen LogP contribution in [0, 0.1) is 5.92 Å². The van der Waals surface area contributed by atoms with E-state index in [2.05, 4.69) is 9.88 Å². The lowest BCUT2D eigenvalue weighted by Crippen LogP contribution is -2.38. The molecule has 5 heteroatoms. The maximum Gasteiger partial charge on any atom is 0.170 e. The molecular formula is C19H21ClN2O2. The molecule has 4 nitrogen and oxygen atoms in total. The van der Waals surface area contributed by atoms with E-state index in [0.717, 1.165) is 32.5 Å². The van der Waals surface area contributed by atoms with Crippen LogP contribution in [0.3, 0.4) is 0 Å². The Balaban J connectivity index is 1.72. The van der Waals surface area contributed by atoms with Crippen molar-refractivity contribution in [3.63, 3.8) is 0 Å². The highest BCUT2D eigenvalue weighted by molar-refractivity contribution is 6.31. The van der Waals surface area contributed by atoms with Gasteiger partial charge in [0.05, 0.1) is 12.7 Å². The van der Waals surface area contributed by atoms with Gasteiger partial charge >= 0.3 is 0 Å². The van der Waals surface area contributed by atoms with Gasteiger partial charge in [0.15, 0.2) is 5.78 Å². The highest BCUT2D eigenvalue weighted by Gasteiger charge is 2.28. The molecule has 1 atom stereocenters. The zero-order valence-electron chi connectivity index (χ0n) is 13.7. The van der Waals surface area contributed by atoms with Gasteiger partial charge in [-0.2, -0.15) is 0 Å². The average molecular weight is 345 g/mol. The van der Waals surface area contributed by atoms with Gasteiger partial charge < -0.3 is 4.74 Å². The van der Waals surface area contributed by atoms with E-state index in [1.807, 2.05) is 12.1 Å². The smallest absolute Gasteiger partial charge is 0.170 e. The van der Waals surface area contributed by atoms with Gasteiger partial charge in [0, 0.05) is 36.4 Å². The minimum absolute atomic E-state index is 0.0204. The Morgan fingerprint density at radius 2 is 2.12 bits per heavy atom. The number of Topliss-reactive ketones (excluding diaryl/α,β-unsaturated/α-hetero) is 1. The second kappa shape index (κ2) is 7.77. The summed E-state index contributed by atoms with van der Waals surface area (Å²) >= 11 is 6.07. The Kier molecular flexibility index (Phi) is 5.48. The van der Waals surface area contributed by atoms with Crippen molar-refractivity contribution < 1.29 is 9.53 Å². The van der Waals surface area contributed by atoms with Crippen molar-refractivity contribution in [1.29, 1.82) is 0 Å². The fourth-order valence-corrected chi connectivity index (χ4v) is 3.42. The molecule has 3 rings (SSSR count). The Morgan fingerprint density at radius 3 is 2.88 bits per heavy atom. The Labute approximate surface area is 147 Å². The lowest BCUT2D eigenvalue weighted by molar-refractivity contribution is 0.0808. The monoisotopic (exact) mass is 344 g/mol. The summed E-state index contributed by atoms with van der Waals surface area (Å²) in [6.45, 7) is 2.62. The second-order valence-corrected chi connectivity index (χ2v) is 6.58. The number of carbonyl (C=O) groups excluding carboxylic acids is 1. The number of hydrogen-bond acceptors (Lipinski definition) is 4. The topological polar surface area (TPSA) is 42.4 Å². The van der Waals surface area contributed by atoms with Crippen LogP contribution in [0.1, 0.15) is 28.8 Å². The first kappa shape index (κ1) is 16.9. The van der Waals surface area contributed by atoms with Crippen LogP contribution >= 0.6 is 11.6 Å². The summed E-state index contributed by atoms with van der Waals surface area (Å²) in [6.07, 6.45) is 5.53. The molecule has 1 saturated heterocycles. The molecule has 2 heterocycles. The van der Waals surface area contributed by atoms with E-state index in [-0.39, 0.29) is 11.7 Å². The highest BCUT2D eigenvalue weighted by Crippen LogP contribution is 2.29. The molecule has 1 unspecified atom stereocenters. The van der Waals surface area contributed by atoms with Crippen LogP contribution in [-0.2, 0) is 6.54 Å². The summed E-state index contributed by atoms with van der Waals surface area (Å²) in [5, 5.41) is 0.559. The number of benzene rings is 1. The van der Waals surface area contributed by atoms with Gasteiger partial charge in [0.1, 0.15) is 5.75 Å². The maximum absolute atomic E-state index is 13.0. The molecule has 0 bridgehead atoms. The molecule has 0 amide bonds.